The summed E-state index contributed by atoms with van der Waals surface area (Å²) in [7, 11) is 0. The lowest BCUT2D eigenvalue weighted by Crippen LogP contribution is -2.47. The number of rotatable bonds is 3. The molecule has 2 saturated heterocycles. The first-order valence-electron chi connectivity index (χ1n) is 8.42. The standard InChI is InChI=1S/C18H19FN4O2/c19-12-7-21-17(22-8-12)16-14(2-1-3-15(16)18(24)25)11-6-13-9-20-4-5-23(13)10-11/h1-3,7-8,11,13,20H,4-6,9-10H2,(H,24,25)/t11-,13+/m1/s1. The number of halogens is 1. The number of hydrogen-bond acceptors (Lipinski definition) is 5. The maximum Gasteiger partial charge on any atom is 0.336 e. The molecule has 2 N–H and O–H groups in total. The van der Waals surface area contributed by atoms with Crippen molar-refractivity contribution in [3.63, 3.8) is 0 Å². The number of nitrogens with zero attached hydrogens (tertiary/aromatic N) is 3. The first kappa shape index (κ1) is 16.1. The Labute approximate surface area is 144 Å². The quantitative estimate of drug-likeness (QED) is 0.885. The van der Waals surface area contributed by atoms with Gasteiger partial charge in [0, 0.05) is 37.8 Å². The van der Waals surface area contributed by atoms with Crippen molar-refractivity contribution in [2.75, 3.05) is 26.2 Å². The smallest absolute Gasteiger partial charge is 0.336 e. The summed E-state index contributed by atoms with van der Waals surface area (Å²) >= 11 is 0. The summed E-state index contributed by atoms with van der Waals surface area (Å²) in [6.45, 7) is 3.83. The highest BCUT2D eigenvalue weighted by Crippen LogP contribution is 2.38. The predicted octanol–water partition coefficient (Wildman–Crippen LogP) is 1.74. The molecule has 0 unspecified atom stereocenters. The van der Waals surface area contributed by atoms with Gasteiger partial charge in [0.15, 0.2) is 11.6 Å². The summed E-state index contributed by atoms with van der Waals surface area (Å²) in [6.07, 6.45) is 3.11. The molecule has 2 fully saturated rings. The predicted molar refractivity (Wildman–Crippen MR) is 90.0 cm³/mol. The van der Waals surface area contributed by atoms with E-state index >= 15 is 0 Å². The van der Waals surface area contributed by atoms with Gasteiger partial charge in [-0.1, -0.05) is 12.1 Å². The molecule has 4 rings (SSSR count). The number of hydrogen-bond donors (Lipinski definition) is 2. The number of nitrogens with one attached hydrogen (secondary N) is 1. The molecule has 2 aliphatic heterocycles. The second-order valence-corrected chi connectivity index (χ2v) is 6.59. The van der Waals surface area contributed by atoms with E-state index in [1.807, 2.05) is 6.07 Å². The Morgan fingerprint density at radius 1 is 1.32 bits per heavy atom. The molecule has 1 aromatic heterocycles. The molecule has 7 heteroatoms. The Balaban J connectivity index is 1.78. The van der Waals surface area contributed by atoms with Crippen molar-refractivity contribution < 1.29 is 14.3 Å². The molecule has 0 spiro atoms. The number of benzene rings is 1. The summed E-state index contributed by atoms with van der Waals surface area (Å²) < 4.78 is 13.2. The summed E-state index contributed by atoms with van der Waals surface area (Å²) in [5.41, 5.74) is 1.60. The highest BCUT2D eigenvalue weighted by molar-refractivity contribution is 5.96. The van der Waals surface area contributed by atoms with E-state index < -0.39 is 11.8 Å². The van der Waals surface area contributed by atoms with E-state index in [-0.39, 0.29) is 17.3 Å². The molecule has 2 aliphatic rings. The Morgan fingerprint density at radius 2 is 2.12 bits per heavy atom. The van der Waals surface area contributed by atoms with Gasteiger partial charge in [-0.2, -0.15) is 0 Å². The zero-order valence-electron chi connectivity index (χ0n) is 13.7. The van der Waals surface area contributed by atoms with Crippen LogP contribution in [0.5, 0.6) is 0 Å². The number of carbonyl (C=O) groups is 1. The fourth-order valence-electron chi connectivity index (χ4n) is 3.97. The van der Waals surface area contributed by atoms with Gasteiger partial charge in [-0.05, 0) is 24.0 Å². The van der Waals surface area contributed by atoms with Crippen molar-refractivity contribution in [1.82, 2.24) is 20.2 Å². The average molecular weight is 342 g/mol. The molecule has 2 aromatic rings. The van der Waals surface area contributed by atoms with Crippen LogP contribution in [0.4, 0.5) is 4.39 Å². The SMILES string of the molecule is O=C(O)c1cccc([C@@H]2C[C@H]3CNCCN3C2)c1-c1ncc(F)cn1. The third kappa shape index (κ3) is 3.01. The van der Waals surface area contributed by atoms with Gasteiger partial charge in [-0.25, -0.2) is 19.2 Å². The van der Waals surface area contributed by atoms with Gasteiger partial charge >= 0.3 is 5.97 Å². The Kier molecular flexibility index (Phi) is 4.19. The lowest BCUT2D eigenvalue weighted by atomic mass is 9.89. The molecule has 0 aliphatic carbocycles. The van der Waals surface area contributed by atoms with Crippen LogP contribution >= 0.6 is 0 Å². The third-order valence-corrected chi connectivity index (χ3v) is 5.09. The van der Waals surface area contributed by atoms with Gasteiger partial charge in [-0.15, -0.1) is 0 Å². The molecule has 2 atom stereocenters. The van der Waals surface area contributed by atoms with Gasteiger partial charge in [0.2, 0.25) is 0 Å². The third-order valence-electron chi connectivity index (χ3n) is 5.09. The monoisotopic (exact) mass is 342 g/mol. The second-order valence-electron chi connectivity index (χ2n) is 6.59. The molecule has 1 aromatic carbocycles. The van der Waals surface area contributed by atoms with Crippen molar-refractivity contribution in [1.29, 1.82) is 0 Å². The van der Waals surface area contributed by atoms with Crippen LogP contribution < -0.4 is 5.32 Å². The zero-order valence-corrected chi connectivity index (χ0v) is 13.7. The van der Waals surface area contributed by atoms with Crippen LogP contribution in [0.1, 0.15) is 28.3 Å². The molecule has 3 heterocycles. The van der Waals surface area contributed by atoms with Crippen LogP contribution in [0.15, 0.2) is 30.6 Å². The zero-order chi connectivity index (χ0) is 17.4. The highest BCUT2D eigenvalue weighted by atomic mass is 19.1. The summed E-state index contributed by atoms with van der Waals surface area (Å²) in [5, 5.41) is 13.0. The molecule has 130 valence electrons. The number of piperazine rings is 1. The maximum atomic E-state index is 13.2. The Morgan fingerprint density at radius 3 is 2.84 bits per heavy atom. The van der Waals surface area contributed by atoms with Gasteiger partial charge < -0.3 is 10.4 Å². The van der Waals surface area contributed by atoms with Crippen LogP contribution in [0.3, 0.4) is 0 Å². The van der Waals surface area contributed by atoms with E-state index in [1.165, 1.54) is 0 Å². The summed E-state index contributed by atoms with van der Waals surface area (Å²) in [6, 6.07) is 5.73. The van der Waals surface area contributed by atoms with Crippen molar-refractivity contribution >= 4 is 5.97 Å². The number of carboxylic acids is 1. The van der Waals surface area contributed by atoms with E-state index in [2.05, 4.69) is 20.2 Å². The topological polar surface area (TPSA) is 78.4 Å². The van der Waals surface area contributed by atoms with Crippen molar-refractivity contribution in [2.45, 2.75) is 18.4 Å². The van der Waals surface area contributed by atoms with E-state index in [0.29, 0.717) is 11.6 Å². The van der Waals surface area contributed by atoms with Gasteiger partial charge in [0.05, 0.1) is 18.0 Å². The summed E-state index contributed by atoms with van der Waals surface area (Å²) in [4.78, 5) is 22.3. The first-order valence-corrected chi connectivity index (χ1v) is 8.42. The molecule has 0 radical (unpaired) electrons. The Hall–Kier alpha value is -2.38. The second kappa shape index (κ2) is 6.50. The van der Waals surface area contributed by atoms with Gasteiger partial charge in [0.1, 0.15) is 0 Å². The summed E-state index contributed by atoms with van der Waals surface area (Å²) in [5.74, 6) is -1.09. The van der Waals surface area contributed by atoms with E-state index in [9.17, 15) is 14.3 Å². The normalized spacial score (nSPS) is 23.4. The van der Waals surface area contributed by atoms with Crippen LogP contribution in [0.2, 0.25) is 0 Å². The lowest BCUT2D eigenvalue weighted by Gasteiger charge is -2.29. The van der Waals surface area contributed by atoms with Crippen molar-refractivity contribution in [2.24, 2.45) is 0 Å². The largest absolute Gasteiger partial charge is 0.478 e. The molecule has 6 nitrogen and oxygen atoms in total. The molecule has 0 amide bonds. The molecule has 25 heavy (non-hydrogen) atoms. The van der Waals surface area contributed by atoms with E-state index in [0.717, 1.165) is 50.6 Å². The fraction of sp³-hybridized carbons (Fsp3) is 0.389. The van der Waals surface area contributed by atoms with Crippen LogP contribution in [-0.2, 0) is 0 Å². The van der Waals surface area contributed by atoms with E-state index in [1.54, 1.807) is 12.1 Å². The minimum atomic E-state index is -1.03. The number of carboxylic acid groups (broad SMARTS) is 1. The number of aromatic carboxylic acids is 1. The Bertz CT molecular complexity index is 782. The van der Waals surface area contributed by atoms with E-state index in [4.69, 9.17) is 0 Å². The van der Waals surface area contributed by atoms with Crippen LogP contribution in [-0.4, -0.2) is 58.2 Å². The molecule has 0 bridgehead atoms. The number of aromatic nitrogens is 2. The minimum Gasteiger partial charge on any atom is -0.478 e. The minimum absolute atomic E-state index is 0.159. The van der Waals surface area contributed by atoms with Crippen molar-refractivity contribution in [3.05, 3.63) is 47.5 Å². The highest BCUT2D eigenvalue weighted by Gasteiger charge is 2.36. The molecular weight excluding hydrogens is 323 g/mol. The maximum absolute atomic E-state index is 13.2. The van der Waals surface area contributed by atoms with Gasteiger partial charge in [-0.3, -0.25) is 4.90 Å². The average Bonchev–Trinajstić information content (AvgIpc) is 3.06. The fourth-order valence-corrected chi connectivity index (χ4v) is 3.97. The lowest BCUT2D eigenvalue weighted by molar-refractivity contribution is 0.0697. The molecular formula is C18H19FN4O2. The molecule has 0 saturated carbocycles. The number of fused-ring (bicyclic) bond motifs is 1. The van der Waals surface area contributed by atoms with Crippen LogP contribution in [0.25, 0.3) is 11.4 Å². The first-order chi connectivity index (χ1) is 12.1. The van der Waals surface area contributed by atoms with Gasteiger partial charge in [0.25, 0.3) is 0 Å². The van der Waals surface area contributed by atoms with Crippen molar-refractivity contribution in [3.8, 4) is 11.4 Å². The van der Waals surface area contributed by atoms with Crippen LogP contribution in [0, 0.1) is 5.82 Å².